The maximum Gasteiger partial charge on any atom is 0.246 e. The van der Waals surface area contributed by atoms with Crippen molar-refractivity contribution in [2.45, 2.75) is 46.1 Å². The summed E-state index contributed by atoms with van der Waals surface area (Å²) in [5.41, 5.74) is 3.29. The summed E-state index contributed by atoms with van der Waals surface area (Å²) >= 11 is 0. The van der Waals surface area contributed by atoms with Gasteiger partial charge in [-0.25, -0.2) is 4.63 Å². The molecule has 2 aromatic heterocycles. The van der Waals surface area contributed by atoms with E-state index >= 15 is 0 Å². The largest absolute Gasteiger partial charge is 0.347 e. The molecule has 1 N–H and O–H groups in total. The van der Waals surface area contributed by atoms with Gasteiger partial charge in [-0.2, -0.15) is 4.98 Å². The number of carbonyl (C=O) groups excluding carboxylic acids is 1. The molecule has 3 rings (SSSR count). The van der Waals surface area contributed by atoms with Crippen molar-refractivity contribution in [1.29, 1.82) is 0 Å². The van der Waals surface area contributed by atoms with Crippen LogP contribution in [0.25, 0.3) is 11.4 Å². The third kappa shape index (κ3) is 4.14. The molecule has 0 radical (unpaired) electrons. The minimum absolute atomic E-state index is 0.0863. The zero-order chi connectivity index (χ0) is 18.7. The predicted octanol–water partition coefficient (Wildman–Crippen LogP) is 2.58. The molecular formula is C18H21N5O3. The monoisotopic (exact) mass is 355 g/mol. The Balaban J connectivity index is 1.59. The van der Waals surface area contributed by atoms with Crippen molar-refractivity contribution in [2.75, 3.05) is 0 Å². The van der Waals surface area contributed by atoms with E-state index < -0.39 is 0 Å². The Labute approximate surface area is 150 Å². The van der Waals surface area contributed by atoms with Crippen LogP contribution in [0.1, 0.15) is 43.6 Å². The highest BCUT2D eigenvalue weighted by Crippen LogP contribution is 2.24. The summed E-state index contributed by atoms with van der Waals surface area (Å²) in [4.78, 5) is 16.3. The number of nitrogens with one attached hydrogen (secondary N) is 1. The molecule has 0 aliphatic carbocycles. The molecule has 0 bridgehead atoms. The number of carbonyl (C=O) groups is 1. The van der Waals surface area contributed by atoms with Gasteiger partial charge in [-0.15, -0.1) is 0 Å². The number of rotatable bonds is 5. The lowest BCUT2D eigenvalue weighted by molar-refractivity contribution is -0.120. The van der Waals surface area contributed by atoms with Crippen LogP contribution < -0.4 is 5.32 Å². The number of nitrogens with zero attached hydrogens (tertiary/aromatic N) is 4. The van der Waals surface area contributed by atoms with Crippen molar-refractivity contribution in [3.05, 3.63) is 47.1 Å². The van der Waals surface area contributed by atoms with E-state index in [-0.39, 0.29) is 24.3 Å². The van der Waals surface area contributed by atoms with Crippen molar-refractivity contribution in [3.63, 3.8) is 0 Å². The number of hydrogen-bond donors (Lipinski definition) is 1. The first-order valence-electron chi connectivity index (χ1n) is 8.31. The molecule has 0 atom stereocenters. The molecule has 0 spiro atoms. The third-order valence-electron chi connectivity index (χ3n) is 3.99. The highest BCUT2D eigenvalue weighted by Gasteiger charge is 2.15. The van der Waals surface area contributed by atoms with Gasteiger partial charge in [-0.1, -0.05) is 60.5 Å². The Morgan fingerprint density at radius 2 is 1.85 bits per heavy atom. The summed E-state index contributed by atoms with van der Waals surface area (Å²) in [6.07, 6.45) is 0.0879. The van der Waals surface area contributed by atoms with Crippen molar-refractivity contribution in [2.24, 2.45) is 0 Å². The lowest BCUT2D eigenvalue weighted by Crippen LogP contribution is -2.25. The van der Waals surface area contributed by atoms with Crippen LogP contribution in [0.15, 0.2) is 33.4 Å². The normalized spacial score (nSPS) is 11.5. The van der Waals surface area contributed by atoms with Crippen molar-refractivity contribution >= 4 is 5.91 Å². The number of hydrogen-bond acceptors (Lipinski definition) is 7. The fraction of sp³-hybridized carbons (Fsp3) is 0.389. The summed E-state index contributed by atoms with van der Waals surface area (Å²) in [7, 11) is 0. The van der Waals surface area contributed by atoms with Crippen LogP contribution in [-0.2, 0) is 23.2 Å². The fourth-order valence-corrected chi connectivity index (χ4v) is 2.36. The van der Waals surface area contributed by atoms with Crippen LogP contribution in [0.2, 0.25) is 0 Å². The SMILES string of the molecule is Cc1nonc1CC(=O)NCc1nc(-c2ccc(C(C)(C)C)cc2)no1. The fourth-order valence-electron chi connectivity index (χ4n) is 2.36. The van der Waals surface area contributed by atoms with Gasteiger partial charge in [0.15, 0.2) is 0 Å². The lowest BCUT2D eigenvalue weighted by atomic mass is 9.87. The van der Waals surface area contributed by atoms with E-state index in [0.717, 1.165) is 5.56 Å². The van der Waals surface area contributed by atoms with Crippen LogP contribution in [-0.4, -0.2) is 26.4 Å². The van der Waals surface area contributed by atoms with E-state index in [4.69, 9.17) is 4.52 Å². The summed E-state index contributed by atoms with van der Waals surface area (Å²) in [6, 6.07) is 8.05. The van der Waals surface area contributed by atoms with Gasteiger partial charge >= 0.3 is 0 Å². The molecule has 0 aliphatic heterocycles. The minimum Gasteiger partial charge on any atom is -0.347 e. The molecule has 8 nitrogen and oxygen atoms in total. The Morgan fingerprint density at radius 1 is 1.12 bits per heavy atom. The van der Waals surface area contributed by atoms with E-state index in [1.807, 2.05) is 12.1 Å². The zero-order valence-corrected chi connectivity index (χ0v) is 15.2. The maximum absolute atomic E-state index is 11.9. The molecule has 0 fully saturated rings. The smallest absolute Gasteiger partial charge is 0.246 e. The zero-order valence-electron chi connectivity index (χ0n) is 15.2. The van der Waals surface area contributed by atoms with Crippen molar-refractivity contribution in [1.82, 2.24) is 25.8 Å². The van der Waals surface area contributed by atoms with Crippen molar-refractivity contribution in [3.8, 4) is 11.4 Å². The van der Waals surface area contributed by atoms with Crippen LogP contribution in [0.4, 0.5) is 0 Å². The summed E-state index contributed by atoms with van der Waals surface area (Å²) in [5, 5.41) is 14.0. The summed E-state index contributed by atoms with van der Waals surface area (Å²) in [6.45, 7) is 8.36. The van der Waals surface area contributed by atoms with E-state index in [1.165, 1.54) is 5.56 Å². The highest BCUT2D eigenvalue weighted by molar-refractivity contribution is 5.78. The van der Waals surface area contributed by atoms with Crippen LogP contribution >= 0.6 is 0 Å². The maximum atomic E-state index is 11.9. The van der Waals surface area contributed by atoms with Gasteiger partial charge in [-0.3, -0.25) is 4.79 Å². The molecule has 1 aromatic carbocycles. The van der Waals surface area contributed by atoms with Gasteiger partial charge in [-0.05, 0) is 17.9 Å². The predicted molar refractivity (Wildman–Crippen MR) is 93.0 cm³/mol. The third-order valence-corrected chi connectivity index (χ3v) is 3.99. The second-order valence-corrected chi connectivity index (χ2v) is 7.09. The van der Waals surface area contributed by atoms with E-state index in [0.29, 0.717) is 23.1 Å². The summed E-state index contributed by atoms with van der Waals surface area (Å²) < 4.78 is 9.77. The molecule has 0 unspecified atom stereocenters. The first-order chi connectivity index (χ1) is 12.3. The second kappa shape index (κ2) is 7.07. The number of aromatic nitrogens is 4. The van der Waals surface area contributed by atoms with Gasteiger partial charge in [0, 0.05) is 5.56 Å². The molecule has 26 heavy (non-hydrogen) atoms. The molecule has 1 amide bonds. The Kier molecular flexibility index (Phi) is 4.83. The highest BCUT2D eigenvalue weighted by atomic mass is 16.6. The van der Waals surface area contributed by atoms with Gasteiger partial charge < -0.3 is 9.84 Å². The van der Waals surface area contributed by atoms with Crippen molar-refractivity contribution < 1.29 is 13.9 Å². The van der Waals surface area contributed by atoms with Crippen LogP contribution in [0.5, 0.6) is 0 Å². The van der Waals surface area contributed by atoms with E-state index in [1.54, 1.807) is 6.92 Å². The first-order valence-corrected chi connectivity index (χ1v) is 8.31. The quantitative estimate of drug-likeness (QED) is 0.749. The molecule has 0 aliphatic rings. The van der Waals surface area contributed by atoms with Gasteiger partial charge in [0.05, 0.1) is 13.0 Å². The van der Waals surface area contributed by atoms with Gasteiger partial charge in [0.1, 0.15) is 11.4 Å². The Bertz CT molecular complexity index is 890. The Hall–Kier alpha value is -3.03. The first kappa shape index (κ1) is 17.8. The average Bonchev–Trinajstić information content (AvgIpc) is 3.22. The van der Waals surface area contributed by atoms with Gasteiger partial charge in [0.2, 0.25) is 17.6 Å². The molecule has 2 heterocycles. The second-order valence-electron chi connectivity index (χ2n) is 7.09. The Morgan fingerprint density at radius 3 is 2.46 bits per heavy atom. The number of aryl methyl sites for hydroxylation is 1. The molecular weight excluding hydrogens is 334 g/mol. The standard InChI is InChI=1S/C18H21N5O3/c1-11-14(22-26-21-11)9-15(24)19-10-16-20-17(23-25-16)12-5-7-13(8-6-12)18(2,3)4/h5-8H,9-10H2,1-4H3,(H,19,24). The topological polar surface area (TPSA) is 107 Å². The molecule has 0 saturated heterocycles. The summed E-state index contributed by atoms with van der Waals surface area (Å²) in [5.74, 6) is 0.604. The molecule has 8 heteroatoms. The molecule has 0 saturated carbocycles. The number of benzene rings is 1. The minimum atomic E-state index is -0.224. The average molecular weight is 355 g/mol. The van der Waals surface area contributed by atoms with Crippen LogP contribution in [0, 0.1) is 6.92 Å². The van der Waals surface area contributed by atoms with Gasteiger partial charge in [0.25, 0.3) is 0 Å². The van der Waals surface area contributed by atoms with E-state index in [2.05, 4.69) is 63.3 Å². The number of amides is 1. The van der Waals surface area contributed by atoms with Crippen LogP contribution in [0.3, 0.4) is 0 Å². The molecule has 3 aromatic rings. The van der Waals surface area contributed by atoms with E-state index in [9.17, 15) is 4.79 Å². The molecule has 136 valence electrons. The lowest BCUT2D eigenvalue weighted by Gasteiger charge is -2.18.